The van der Waals surface area contributed by atoms with Crippen LogP contribution < -0.4 is 14.4 Å². The van der Waals surface area contributed by atoms with Crippen LogP contribution in [-0.4, -0.2) is 58.3 Å². The lowest BCUT2D eigenvalue weighted by molar-refractivity contribution is -0.114. The van der Waals surface area contributed by atoms with Gasteiger partial charge in [-0.15, -0.1) is 0 Å². The molecule has 1 N–H and O–H groups in total. The molecule has 1 heterocycles. The largest absolute Gasteiger partial charge is 0.490 e. The third-order valence-electron chi connectivity index (χ3n) is 5.43. The summed E-state index contributed by atoms with van der Waals surface area (Å²) in [6.45, 7) is 5.47. The van der Waals surface area contributed by atoms with Crippen molar-refractivity contribution in [2.24, 2.45) is 0 Å². The Morgan fingerprint density at radius 3 is 2.39 bits per heavy atom. The Hall–Kier alpha value is -2.58. The van der Waals surface area contributed by atoms with E-state index in [4.69, 9.17) is 4.74 Å². The van der Waals surface area contributed by atoms with Crippen LogP contribution in [0.2, 0.25) is 0 Å². The minimum Gasteiger partial charge on any atom is -0.490 e. The molecule has 1 aliphatic rings. The van der Waals surface area contributed by atoms with Gasteiger partial charge in [0.1, 0.15) is 18.4 Å². The van der Waals surface area contributed by atoms with E-state index in [1.807, 2.05) is 38.1 Å². The Labute approximate surface area is 185 Å². The predicted octanol–water partition coefficient (Wildman–Crippen LogP) is 3.18. The number of hydrogen-bond donors (Lipinski definition) is 1. The lowest BCUT2D eigenvalue weighted by atomic mass is 10.1. The third kappa shape index (κ3) is 6.45. The van der Waals surface area contributed by atoms with Gasteiger partial charge in [0.25, 0.3) is 0 Å². The fraction of sp³-hybridized carbons (Fsp3) is 0.435. The number of aryl methyl sites for hydroxylation is 2. The van der Waals surface area contributed by atoms with Gasteiger partial charge in [-0.1, -0.05) is 12.1 Å². The minimum absolute atomic E-state index is 0.206. The van der Waals surface area contributed by atoms with Crippen molar-refractivity contribution in [3.8, 4) is 5.75 Å². The third-order valence-corrected chi connectivity index (χ3v) is 6.55. The Kier molecular flexibility index (Phi) is 7.23. The van der Waals surface area contributed by atoms with E-state index in [2.05, 4.69) is 17.3 Å². The van der Waals surface area contributed by atoms with E-state index in [0.29, 0.717) is 11.4 Å². The molecule has 0 unspecified atom stereocenters. The SMILES string of the molecule is Cc1ccc(C)c(N(CC(=O)Nc2ccc(OC3CCN(C)CC3)cc2)S(C)(=O)=O)c1. The Bertz CT molecular complexity index is 1010. The van der Waals surface area contributed by atoms with Crippen LogP contribution in [0.25, 0.3) is 0 Å². The van der Waals surface area contributed by atoms with Gasteiger partial charge in [-0.05, 0) is 75.2 Å². The summed E-state index contributed by atoms with van der Waals surface area (Å²) in [5.41, 5.74) is 2.82. The topological polar surface area (TPSA) is 79.0 Å². The van der Waals surface area contributed by atoms with Crippen molar-refractivity contribution >= 4 is 27.3 Å². The number of hydrogen-bond acceptors (Lipinski definition) is 5. The number of ether oxygens (including phenoxy) is 1. The molecule has 3 rings (SSSR count). The number of carbonyl (C=O) groups is 1. The van der Waals surface area contributed by atoms with Crippen LogP contribution in [0.1, 0.15) is 24.0 Å². The number of rotatable bonds is 7. The van der Waals surface area contributed by atoms with Crippen LogP contribution in [0.3, 0.4) is 0 Å². The number of carbonyl (C=O) groups excluding carboxylic acids is 1. The average Bonchev–Trinajstić information content (AvgIpc) is 2.70. The van der Waals surface area contributed by atoms with Crippen molar-refractivity contribution in [2.45, 2.75) is 32.8 Å². The molecule has 1 fully saturated rings. The molecule has 0 saturated carbocycles. The smallest absolute Gasteiger partial charge is 0.245 e. The van der Waals surface area contributed by atoms with Crippen LogP contribution in [0.5, 0.6) is 5.75 Å². The Balaban J connectivity index is 1.64. The molecule has 168 valence electrons. The molecule has 2 aromatic carbocycles. The standard InChI is InChI=1S/C23H31N3O4S/c1-17-5-6-18(2)22(15-17)26(31(4,28)29)16-23(27)24-19-7-9-20(10-8-19)30-21-11-13-25(3)14-12-21/h5-10,15,21H,11-14,16H2,1-4H3,(H,24,27). The molecule has 1 saturated heterocycles. The average molecular weight is 446 g/mol. The van der Waals surface area contributed by atoms with Gasteiger partial charge in [0, 0.05) is 18.8 Å². The summed E-state index contributed by atoms with van der Waals surface area (Å²) in [6.07, 6.45) is 3.30. The molecule has 8 heteroatoms. The molecule has 31 heavy (non-hydrogen) atoms. The summed E-state index contributed by atoms with van der Waals surface area (Å²) >= 11 is 0. The van der Waals surface area contributed by atoms with Gasteiger partial charge >= 0.3 is 0 Å². The van der Waals surface area contributed by atoms with E-state index in [-0.39, 0.29) is 12.6 Å². The molecule has 0 spiro atoms. The number of likely N-dealkylation sites (tertiary alicyclic amines) is 1. The summed E-state index contributed by atoms with van der Waals surface area (Å²) in [5.74, 6) is 0.357. The van der Waals surface area contributed by atoms with Crippen molar-refractivity contribution in [3.05, 3.63) is 53.6 Å². The number of sulfonamides is 1. The molecular weight excluding hydrogens is 414 g/mol. The molecule has 2 aromatic rings. The van der Waals surface area contributed by atoms with Crippen molar-refractivity contribution < 1.29 is 17.9 Å². The number of nitrogens with zero attached hydrogens (tertiary/aromatic N) is 2. The van der Waals surface area contributed by atoms with Crippen molar-refractivity contribution in [1.29, 1.82) is 0 Å². The summed E-state index contributed by atoms with van der Waals surface area (Å²) in [6, 6.07) is 12.7. The molecule has 0 aliphatic carbocycles. The first-order valence-electron chi connectivity index (χ1n) is 10.4. The lowest BCUT2D eigenvalue weighted by Gasteiger charge is -2.29. The predicted molar refractivity (Wildman–Crippen MR) is 124 cm³/mol. The molecule has 7 nitrogen and oxygen atoms in total. The van der Waals surface area contributed by atoms with Crippen LogP contribution >= 0.6 is 0 Å². The van der Waals surface area contributed by atoms with E-state index in [1.165, 1.54) is 0 Å². The van der Waals surface area contributed by atoms with Crippen LogP contribution in [0.4, 0.5) is 11.4 Å². The highest BCUT2D eigenvalue weighted by atomic mass is 32.2. The van der Waals surface area contributed by atoms with Gasteiger partial charge in [0.05, 0.1) is 11.9 Å². The van der Waals surface area contributed by atoms with E-state index in [9.17, 15) is 13.2 Å². The zero-order valence-electron chi connectivity index (χ0n) is 18.6. The summed E-state index contributed by atoms with van der Waals surface area (Å²) in [7, 11) is -1.51. The van der Waals surface area contributed by atoms with Crippen molar-refractivity contribution in [2.75, 3.05) is 42.6 Å². The zero-order valence-corrected chi connectivity index (χ0v) is 19.4. The van der Waals surface area contributed by atoms with Crippen LogP contribution in [-0.2, 0) is 14.8 Å². The second kappa shape index (κ2) is 9.70. The first-order chi connectivity index (χ1) is 14.6. The first-order valence-corrected chi connectivity index (χ1v) is 12.3. The Morgan fingerprint density at radius 1 is 1.13 bits per heavy atom. The quantitative estimate of drug-likeness (QED) is 0.708. The molecule has 1 aliphatic heterocycles. The maximum absolute atomic E-state index is 12.6. The number of benzene rings is 2. The molecule has 0 aromatic heterocycles. The number of piperidine rings is 1. The minimum atomic E-state index is -3.62. The van der Waals surface area contributed by atoms with Crippen molar-refractivity contribution in [3.63, 3.8) is 0 Å². The molecule has 0 bridgehead atoms. The van der Waals surface area contributed by atoms with E-state index in [1.54, 1.807) is 18.2 Å². The van der Waals surface area contributed by atoms with Gasteiger partial charge in [-0.25, -0.2) is 8.42 Å². The second-order valence-electron chi connectivity index (χ2n) is 8.25. The van der Waals surface area contributed by atoms with Crippen LogP contribution in [0.15, 0.2) is 42.5 Å². The second-order valence-corrected chi connectivity index (χ2v) is 10.2. The highest BCUT2D eigenvalue weighted by Crippen LogP contribution is 2.24. The van der Waals surface area contributed by atoms with Crippen LogP contribution in [0, 0.1) is 13.8 Å². The summed E-state index contributed by atoms with van der Waals surface area (Å²) in [4.78, 5) is 14.9. The van der Waals surface area contributed by atoms with Gasteiger partial charge in [0.15, 0.2) is 0 Å². The van der Waals surface area contributed by atoms with Crippen molar-refractivity contribution in [1.82, 2.24) is 4.90 Å². The van der Waals surface area contributed by atoms with E-state index < -0.39 is 15.9 Å². The van der Waals surface area contributed by atoms with Gasteiger partial charge < -0.3 is 15.0 Å². The molecule has 1 amide bonds. The van der Waals surface area contributed by atoms with Gasteiger partial charge in [-0.3, -0.25) is 9.10 Å². The highest BCUT2D eigenvalue weighted by molar-refractivity contribution is 7.92. The molecule has 0 atom stereocenters. The normalized spacial score (nSPS) is 15.5. The van der Waals surface area contributed by atoms with Gasteiger partial charge in [-0.2, -0.15) is 0 Å². The summed E-state index contributed by atoms with van der Waals surface area (Å²) < 4.78 is 31.9. The van der Waals surface area contributed by atoms with E-state index in [0.717, 1.165) is 53.4 Å². The fourth-order valence-electron chi connectivity index (χ4n) is 3.61. The lowest BCUT2D eigenvalue weighted by Crippen LogP contribution is -2.37. The zero-order chi connectivity index (χ0) is 22.6. The maximum atomic E-state index is 12.6. The van der Waals surface area contributed by atoms with E-state index >= 15 is 0 Å². The fourth-order valence-corrected chi connectivity index (χ4v) is 4.52. The van der Waals surface area contributed by atoms with Gasteiger partial charge in [0.2, 0.25) is 15.9 Å². The highest BCUT2D eigenvalue weighted by Gasteiger charge is 2.23. The maximum Gasteiger partial charge on any atom is 0.245 e. The number of nitrogens with one attached hydrogen (secondary N) is 1. The number of amides is 1. The molecule has 0 radical (unpaired) electrons. The Morgan fingerprint density at radius 2 is 1.77 bits per heavy atom. The number of anilines is 2. The first kappa shape index (κ1) is 23.1. The summed E-state index contributed by atoms with van der Waals surface area (Å²) in [5, 5.41) is 2.78. The molecular formula is C23H31N3O4S. The monoisotopic (exact) mass is 445 g/mol.